The number of hydrogen-bond acceptors (Lipinski definition) is 3. The first kappa shape index (κ1) is 19.3. The van der Waals surface area contributed by atoms with Gasteiger partial charge in [0.15, 0.2) is 0 Å². The quantitative estimate of drug-likeness (QED) is 0.470. The summed E-state index contributed by atoms with van der Waals surface area (Å²) in [5.74, 6) is 0.510. The Labute approximate surface area is 182 Å². The minimum Gasteiger partial charge on any atom is -0.508 e. The Morgan fingerprint density at radius 3 is 2.61 bits per heavy atom. The molecule has 31 heavy (non-hydrogen) atoms. The van der Waals surface area contributed by atoms with Crippen LogP contribution in [0, 0.1) is 0 Å². The Kier molecular flexibility index (Phi) is 5.36. The van der Waals surface area contributed by atoms with Gasteiger partial charge in [0, 0.05) is 35.6 Å². The van der Waals surface area contributed by atoms with E-state index in [1.165, 1.54) is 16.7 Å². The third-order valence-corrected chi connectivity index (χ3v) is 6.03. The highest BCUT2D eigenvalue weighted by Crippen LogP contribution is 2.35. The van der Waals surface area contributed by atoms with Gasteiger partial charge in [-0.05, 0) is 53.7 Å². The number of fused-ring (bicyclic) bond motifs is 1. The van der Waals surface area contributed by atoms with Crippen LogP contribution in [-0.2, 0) is 13.0 Å². The average molecular weight is 408 g/mol. The molecule has 0 aliphatic heterocycles. The molecule has 0 spiro atoms. The van der Waals surface area contributed by atoms with Gasteiger partial charge in [0.05, 0.1) is 12.7 Å². The predicted molar refractivity (Wildman–Crippen MR) is 123 cm³/mol. The molecule has 4 aromatic rings. The average Bonchev–Trinajstić information content (AvgIpc) is 3.28. The van der Waals surface area contributed by atoms with Crippen molar-refractivity contribution < 1.29 is 5.11 Å². The first-order chi connectivity index (χ1) is 15.3. The van der Waals surface area contributed by atoms with Crippen molar-refractivity contribution in [2.24, 2.45) is 0 Å². The van der Waals surface area contributed by atoms with E-state index >= 15 is 0 Å². The van der Waals surface area contributed by atoms with E-state index in [2.05, 4.69) is 58.8 Å². The third kappa shape index (κ3) is 4.02. The van der Waals surface area contributed by atoms with E-state index < -0.39 is 0 Å². The molecule has 1 aliphatic carbocycles. The lowest BCUT2D eigenvalue weighted by Gasteiger charge is -2.20. The smallest absolute Gasteiger partial charge is 0.119 e. The summed E-state index contributed by atoms with van der Waals surface area (Å²) in [5.41, 5.74) is 7.08. The molecule has 4 nitrogen and oxygen atoms in total. The van der Waals surface area contributed by atoms with Crippen molar-refractivity contribution in [1.29, 1.82) is 0 Å². The van der Waals surface area contributed by atoms with Crippen molar-refractivity contribution in [3.05, 3.63) is 119 Å². The van der Waals surface area contributed by atoms with E-state index in [0.717, 1.165) is 36.0 Å². The standard InChI is InChI=1S/C27H25N3O/c31-26-13-5-11-24-20(9-4-12-25(24)26)14-16-30-19-23(18-29-30)27(21-7-2-1-3-8-21)22-10-6-15-28-17-22/h1-3,5-8,10-11,13-15,17-19,27,31H,4,9,12,16H2. The lowest BCUT2D eigenvalue weighted by atomic mass is 9.86. The Balaban J connectivity index is 1.43. The summed E-state index contributed by atoms with van der Waals surface area (Å²) in [4.78, 5) is 4.33. The molecule has 154 valence electrons. The van der Waals surface area contributed by atoms with E-state index in [0.29, 0.717) is 12.3 Å². The van der Waals surface area contributed by atoms with Crippen LogP contribution in [0.5, 0.6) is 5.75 Å². The molecule has 2 aromatic carbocycles. The van der Waals surface area contributed by atoms with Crippen LogP contribution in [0.15, 0.2) is 91.5 Å². The number of rotatable bonds is 5. The summed E-state index contributed by atoms with van der Waals surface area (Å²) in [6, 6.07) is 20.4. The fourth-order valence-electron chi connectivity index (χ4n) is 4.54. The molecule has 4 heteroatoms. The van der Waals surface area contributed by atoms with E-state index in [1.54, 1.807) is 12.3 Å². The van der Waals surface area contributed by atoms with Gasteiger partial charge in [0.2, 0.25) is 0 Å². The predicted octanol–water partition coefficient (Wildman–Crippen LogP) is 5.58. The molecular formula is C27H25N3O. The number of phenolic OH excluding ortho intramolecular Hbond substituents is 1. The second-order valence-corrected chi connectivity index (χ2v) is 8.01. The maximum Gasteiger partial charge on any atom is 0.119 e. The highest BCUT2D eigenvalue weighted by Gasteiger charge is 2.19. The zero-order valence-corrected chi connectivity index (χ0v) is 17.4. The number of pyridine rings is 1. The Morgan fingerprint density at radius 2 is 1.77 bits per heavy atom. The van der Waals surface area contributed by atoms with Gasteiger partial charge in [0.25, 0.3) is 0 Å². The van der Waals surface area contributed by atoms with Crippen LogP contribution in [0.1, 0.15) is 46.6 Å². The summed E-state index contributed by atoms with van der Waals surface area (Å²) in [5, 5.41) is 14.8. The van der Waals surface area contributed by atoms with E-state index in [1.807, 2.05) is 35.3 Å². The Morgan fingerprint density at radius 1 is 0.903 bits per heavy atom. The molecule has 1 atom stereocenters. The van der Waals surface area contributed by atoms with Gasteiger partial charge in [-0.2, -0.15) is 5.10 Å². The van der Waals surface area contributed by atoms with Crippen molar-refractivity contribution in [1.82, 2.24) is 14.8 Å². The van der Waals surface area contributed by atoms with E-state index in [4.69, 9.17) is 0 Å². The third-order valence-electron chi connectivity index (χ3n) is 6.03. The molecule has 1 N–H and O–H groups in total. The van der Waals surface area contributed by atoms with Crippen LogP contribution >= 0.6 is 0 Å². The number of benzene rings is 2. The number of hydrogen-bond donors (Lipinski definition) is 1. The fraction of sp³-hybridized carbons (Fsp3) is 0.185. The zero-order chi connectivity index (χ0) is 21.0. The topological polar surface area (TPSA) is 50.9 Å². The minimum atomic E-state index is 0.101. The highest BCUT2D eigenvalue weighted by atomic mass is 16.3. The summed E-state index contributed by atoms with van der Waals surface area (Å²) in [6.07, 6.45) is 13.1. The van der Waals surface area contributed by atoms with Crippen LogP contribution in [-0.4, -0.2) is 19.9 Å². The molecule has 0 saturated heterocycles. The fourth-order valence-corrected chi connectivity index (χ4v) is 4.54. The van der Waals surface area contributed by atoms with Crippen molar-refractivity contribution in [3.63, 3.8) is 0 Å². The number of allylic oxidation sites excluding steroid dienone is 2. The zero-order valence-electron chi connectivity index (χ0n) is 17.4. The van der Waals surface area contributed by atoms with Crippen molar-refractivity contribution >= 4 is 5.57 Å². The van der Waals surface area contributed by atoms with Gasteiger partial charge < -0.3 is 5.11 Å². The molecule has 1 aliphatic rings. The van der Waals surface area contributed by atoms with E-state index in [-0.39, 0.29) is 5.92 Å². The molecule has 0 radical (unpaired) electrons. The van der Waals surface area contributed by atoms with Gasteiger partial charge in [-0.25, -0.2) is 0 Å². The number of aromatic nitrogens is 3. The maximum absolute atomic E-state index is 10.2. The molecule has 0 amide bonds. The summed E-state index contributed by atoms with van der Waals surface area (Å²) >= 11 is 0. The molecule has 5 rings (SSSR count). The van der Waals surface area contributed by atoms with Crippen LogP contribution in [0.2, 0.25) is 0 Å². The molecule has 1 unspecified atom stereocenters. The van der Waals surface area contributed by atoms with Gasteiger partial charge in [-0.15, -0.1) is 0 Å². The first-order valence-electron chi connectivity index (χ1n) is 10.8. The van der Waals surface area contributed by atoms with Gasteiger partial charge in [-0.1, -0.05) is 54.6 Å². The summed E-state index contributed by atoms with van der Waals surface area (Å²) < 4.78 is 1.99. The molecule has 0 saturated carbocycles. The molecule has 0 fully saturated rings. The van der Waals surface area contributed by atoms with Crippen molar-refractivity contribution in [3.8, 4) is 5.75 Å². The lowest BCUT2D eigenvalue weighted by Crippen LogP contribution is -2.04. The highest BCUT2D eigenvalue weighted by molar-refractivity contribution is 5.71. The molecular weight excluding hydrogens is 382 g/mol. The molecule has 0 bridgehead atoms. The number of aromatic hydroxyl groups is 1. The normalized spacial score (nSPS) is 15.5. The van der Waals surface area contributed by atoms with Crippen LogP contribution < -0.4 is 0 Å². The Hall–Kier alpha value is -3.66. The Bertz CT molecular complexity index is 1160. The SMILES string of the molecule is Oc1cccc2c1CCCC2=CCn1cc(C(c2ccccc2)c2cccnc2)cn1. The molecule has 2 aromatic heterocycles. The largest absolute Gasteiger partial charge is 0.508 e. The van der Waals surface area contributed by atoms with Crippen LogP contribution in [0.3, 0.4) is 0 Å². The minimum absolute atomic E-state index is 0.101. The van der Waals surface area contributed by atoms with Gasteiger partial charge >= 0.3 is 0 Å². The molecule has 2 heterocycles. The number of nitrogens with zero attached hydrogens (tertiary/aromatic N) is 3. The van der Waals surface area contributed by atoms with Gasteiger partial charge in [-0.3, -0.25) is 9.67 Å². The number of phenols is 1. The van der Waals surface area contributed by atoms with Crippen molar-refractivity contribution in [2.75, 3.05) is 0 Å². The maximum atomic E-state index is 10.2. The summed E-state index contributed by atoms with van der Waals surface area (Å²) in [7, 11) is 0. The van der Waals surface area contributed by atoms with Gasteiger partial charge in [0.1, 0.15) is 5.75 Å². The van der Waals surface area contributed by atoms with E-state index in [9.17, 15) is 5.11 Å². The van der Waals surface area contributed by atoms with Crippen LogP contribution in [0.4, 0.5) is 0 Å². The second kappa shape index (κ2) is 8.60. The van der Waals surface area contributed by atoms with Crippen LogP contribution in [0.25, 0.3) is 5.57 Å². The summed E-state index contributed by atoms with van der Waals surface area (Å²) in [6.45, 7) is 0.707. The monoisotopic (exact) mass is 407 g/mol. The van der Waals surface area contributed by atoms with Crippen molar-refractivity contribution in [2.45, 2.75) is 31.7 Å². The lowest BCUT2D eigenvalue weighted by molar-refractivity contribution is 0.466. The second-order valence-electron chi connectivity index (χ2n) is 8.01. The first-order valence-corrected chi connectivity index (χ1v) is 10.8.